The van der Waals surface area contributed by atoms with Crippen LogP contribution in [0.2, 0.25) is 0 Å². The quantitative estimate of drug-likeness (QED) is 0.480. The highest BCUT2D eigenvalue weighted by Gasteiger charge is 2.23. The Hall–Kier alpha value is -2.68. The van der Waals surface area contributed by atoms with E-state index in [0.717, 1.165) is 31.5 Å². The second-order valence-electron chi connectivity index (χ2n) is 8.15. The number of carbonyl (C=O) groups is 1. The molecule has 0 atom stereocenters. The first kappa shape index (κ1) is 23.0. The van der Waals surface area contributed by atoms with E-state index < -0.39 is 0 Å². The van der Waals surface area contributed by atoms with Crippen LogP contribution in [0, 0.1) is 0 Å². The topological polar surface area (TPSA) is 85.8 Å². The van der Waals surface area contributed by atoms with Gasteiger partial charge in [0.05, 0.1) is 6.54 Å². The summed E-state index contributed by atoms with van der Waals surface area (Å²) in [4.78, 5) is 31.3. The van der Waals surface area contributed by atoms with E-state index in [1.165, 1.54) is 4.88 Å². The van der Waals surface area contributed by atoms with Gasteiger partial charge in [0.25, 0.3) is 0 Å². The minimum Gasteiger partial charge on any atom is -0.357 e. The number of aromatic nitrogens is 2. The number of anilines is 1. The number of nitrogens with one attached hydrogen (secondary N) is 2. The Bertz CT molecular complexity index is 831. The molecule has 0 unspecified atom stereocenters. The van der Waals surface area contributed by atoms with Gasteiger partial charge in [0.2, 0.25) is 11.9 Å². The summed E-state index contributed by atoms with van der Waals surface area (Å²) in [5, 5.41) is 8.68. The molecule has 8 nitrogen and oxygen atoms in total. The summed E-state index contributed by atoms with van der Waals surface area (Å²) in [5.41, 5.74) is -0.0194. The molecule has 2 aromatic rings. The Kier molecular flexibility index (Phi) is 8.22. The van der Waals surface area contributed by atoms with Crippen molar-refractivity contribution in [3.05, 3.63) is 40.8 Å². The van der Waals surface area contributed by atoms with Gasteiger partial charge in [-0.1, -0.05) is 19.9 Å². The lowest BCUT2D eigenvalue weighted by Gasteiger charge is -2.34. The maximum absolute atomic E-state index is 12.6. The number of guanidine groups is 1. The van der Waals surface area contributed by atoms with E-state index in [9.17, 15) is 4.79 Å². The summed E-state index contributed by atoms with van der Waals surface area (Å²) in [5.74, 6) is 1.65. The number of hydrogen-bond donors (Lipinski definition) is 2. The van der Waals surface area contributed by atoms with Crippen LogP contribution in [0.4, 0.5) is 5.95 Å². The molecular formula is C22H33N7OS. The van der Waals surface area contributed by atoms with Crippen molar-refractivity contribution >= 4 is 29.2 Å². The van der Waals surface area contributed by atoms with Crippen molar-refractivity contribution < 1.29 is 4.79 Å². The molecule has 0 bridgehead atoms. The zero-order chi connectivity index (χ0) is 22.1. The zero-order valence-corrected chi connectivity index (χ0v) is 19.5. The van der Waals surface area contributed by atoms with Crippen LogP contribution in [-0.2, 0) is 10.2 Å². The predicted molar refractivity (Wildman–Crippen MR) is 127 cm³/mol. The van der Waals surface area contributed by atoms with Gasteiger partial charge in [0.1, 0.15) is 0 Å². The highest BCUT2D eigenvalue weighted by atomic mass is 32.1. The average molecular weight is 444 g/mol. The molecule has 0 saturated carbocycles. The number of aliphatic imine (C=N–C) groups is 1. The standard InChI is InChI=1S/C22H33N7OS/c1-4-23-20(27-17-22(2,3)18-7-5-16-31-18)24-11-8-19(30)28-12-14-29(15-13-28)21-25-9-6-10-26-21/h5-7,9-10,16H,4,8,11-15,17H2,1-3H3,(H2,23,24,27). The molecule has 1 amide bonds. The van der Waals surface area contributed by atoms with Gasteiger partial charge in [-0.05, 0) is 24.4 Å². The molecule has 1 fully saturated rings. The number of hydrogen-bond acceptors (Lipinski definition) is 6. The second kappa shape index (κ2) is 11.1. The van der Waals surface area contributed by atoms with Crippen LogP contribution in [0.5, 0.6) is 0 Å². The highest BCUT2D eigenvalue weighted by Crippen LogP contribution is 2.27. The van der Waals surface area contributed by atoms with Crippen molar-refractivity contribution in [2.24, 2.45) is 4.99 Å². The Morgan fingerprint density at radius 1 is 1.16 bits per heavy atom. The van der Waals surface area contributed by atoms with Crippen molar-refractivity contribution in [3.8, 4) is 0 Å². The van der Waals surface area contributed by atoms with E-state index in [4.69, 9.17) is 4.99 Å². The molecule has 2 N–H and O–H groups in total. The van der Waals surface area contributed by atoms with Crippen LogP contribution >= 0.6 is 11.3 Å². The summed E-state index contributed by atoms with van der Waals surface area (Å²) in [6.07, 6.45) is 3.94. The minimum atomic E-state index is -0.0194. The lowest BCUT2D eigenvalue weighted by molar-refractivity contribution is -0.131. The second-order valence-corrected chi connectivity index (χ2v) is 9.10. The fourth-order valence-electron chi connectivity index (χ4n) is 3.42. The van der Waals surface area contributed by atoms with Gasteiger partial charge >= 0.3 is 0 Å². The summed E-state index contributed by atoms with van der Waals surface area (Å²) in [7, 11) is 0. The predicted octanol–water partition coefficient (Wildman–Crippen LogP) is 2.11. The maximum atomic E-state index is 12.6. The van der Waals surface area contributed by atoms with Gasteiger partial charge in [-0.25, -0.2) is 9.97 Å². The number of nitrogens with zero attached hydrogens (tertiary/aromatic N) is 5. The molecule has 3 rings (SSSR count). The molecule has 0 aliphatic carbocycles. The van der Waals surface area contributed by atoms with Gasteiger partial charge in [0.15, 0.2) is 5.96 Å². The van der Waals surface area contributed by atoms with Gasteiger partial charge in [-0.15, -0.1) is 11.3 Å². The molecule has 31 heavy (non-hydrogen) atoms. The van der Waals surface area contributed by atoms with E-state index in [-0.39, 0.29) is 11.3 Å². The molecular weight excluding hydrogens is 410 g/mol. The molecule has 1 saturated heterocycles. The van der Waals surface area contributed by atoms with Gasteiger partial charge in [-0.3, -0.25) is 9.79 Å². The number of rotatable bonds is 8. The molecule has 0 spiro atoms. The Morgan fingerprint density at radius 3 is 2.55 bits per heavy atom. The number of amides is 1. The maximum Gasteiger partial charge on any atom is 0.225 e. The summed E-state index contributed by atoms with van der Waals surface area (Å²) >= 11 is 1.76. The van der Waals surface area contributed by atoms with Gasteiger partial charge in [0, 0.05) is 68.4 Å². The number of thiophene rings is 1. The largest absolute Gasteiger partial charge is 0.357 e. The molecule has 9 heteroatoms. The zero-order valence-electron chi connectivity index (χ0n) is 18.7. The Labute approximate surface area is 188 Å². The molecule has 0 aromatic carbocycles. The first-order valence-corrected chi connectivity index (χ1v) is 11.7. The third-order valence-electron chi connectivity index (χ3n) is 5.26. The Balaban J connectivity index is 1.43. The lowest BCUT2D eigenvalue weighted by Crippen LogP contribution is -2.50. The third-order valence-corrected chi connectivity index (χ3v) is 6.50. The molecule has 1 aliphatic rings. The van der Waals surface area contributed by atoms with Crippen molar-refractivity contribution in [1.82, 2.24) is 25.5 Å². The third kappa shape index (κ3) is 6.65. The van der Waals surface area contributed by atoms with Crippen LogP contribution in [0.15, 0.2) is 41.0 Å². The monoisotopic (exact) mass is 443 g/mol. The SMILES string of the molecule is CCNC(=NCC(C)(C)c1cccs1)NCCC(=O)N1CCN(c2ncccn2)CC1. The van der Waals surface area contributed by atoms with Crippen LogP contribution in [0.1, 0.15) is 32.1 Å². The summed E-state index contributed by atoms with van der Waals surface area (Å²) < 4.78 is 0. The van der Waals surface area contributed by atoms with Crippen molar-refractivity contribution in [2.75, 3.05) is 50.7 Å². The molecule has 0 radical (unpaired) electrons. The van der Waals surface area contributed by atoms with Crippen molar-refractivity contribution in [3.63, 3.8) is 0 Å². The minimum absolute atomic E-state index is 0.0194. The van der Waals surface area contributed by atoms with Crippen molar-refractivity contribution in [2.45, 2.75) is 32.6 Å². The molecule has 3 heterocycles. The fourth-order valence-corrected chi connectivity index (χ4v) is 4.26. The molecule has 2 aromatic heterocycles. The highest BCUT2D eigenvalue weighted by molar-refractivity contribution is 7.10. The van der Waals surface area contributed by atoms with E-state index >= 15 is 0 Å². The smallest absolute Gasteiger partial charge is 0.225 e. The van der Waals surface area contributed by atoms with Crippen LogP contribution in [-0.4, -0.2) is 72.5 Å². The summed E-state index contributed by atoms with van der Waals surface area (Å²) in [6.45, 7) is 11.4. The number of piperazine rings is 1. The van der Waals surface area contributed by atoms with Crippen molar-refractivity contribution in [1.29, 1.82) is 0 Å². The van der Waals surface area contributed by atoms with Crippen LogP contribution in [0.25, 0.3) is 0 Å². The average Bonchev–Trinajstić information content (AvgIpc) is 3.34. The first-order valence-electron chi connectivity index (χ1n) is 10.9. The number of carbonyl (C=O) groups excluding carboxylic acids is 1. The van der Waals surface area contributed by atoms with E-state index in [1.807, 2.05) is 17.9 Å². The van der Waals surface area contributed by atoms with E-state index in [0.29, 0.717) is 32.6 Å². The van der Waals surface area contributed by atoms with Gasteiger partial charge in [-0.2, -0.15) is 0 Å². The lowest BCUT2D eigenvalue weighted by atomic mass is 9.92. The van der Waals surface area contributed by atoms with E-state index in [1.54, 1.807) is 23.7 Å². The summed E-state index contributed by atoms with van der Waals surface area (Å²) in [6, 6.07) is 6.04. The normalized spacial score (nSPS) is 15.1. The molecule has 1 aliphatic heterocycles. The van der Waals surface area contributed by atoms with Crippen LogP contribution < -0.4 is 15.5 Å². The Morgan fingerprint density at radius 2 is 1.90 bits per heavy atom. The van der Waals surface area contributed by atoms with Crippen LogP contribution in [0.3, 0.4) is 0 Å². The fraction of sp³-hybridized carbons (Fsp3) is 0.545. The molecule has 168 valence electrons. The first-order chi connectivity index (χ1) is 15.0. The van der Waals surface area contributed by atoms with E-state index in [2.05, 4.69) is 56.9 Å². The van der Waals surface area contributed by atoms with Gasteiger partial charge < -0.3 is 20.4 Å².